The van der Waals surface area contributed by atoms with Crippen LogP contribution >= 0.6 is 12.6 Å². The van der Waals surface area contributed by atoms with E-state index in [-0.39, 0.29) is 18.6 Å². The molecule has 0 aliphatic heterocycles. The lowest BCUT2D eigenvalue weighted by molar-refractivity contribution is -0.141. The Morgan fingerprint density at radius 2 is 1.72 bits per heavy atom. The fourth-order valence-electron chi connectivity index (χ4n) is 1.56. The first-order chi connectivity index (χ1) is 11.6. The van der Waals surface area contributed by atoms with Gasteiger partial charge in [0, 0.05) is 12.2 Å². The van der Waals surface area contributed by atoms with Gasteiger partial charge >= 0.3 is 5.97 Å². The zero-order valence-corrected chi connectivity index (χ0v) is 14.5. The molecule has 12 heteroatoms. The second kappa shape index (κ2) is 11.3. The van der Waals surface area contributed by atoms with Gasteiger partial charge in [-0.05, 0) is 13.3 Å². The van der Waals surface area contributed by atoms with Gasteiger partial charge in [0.2, 0.25) is 23.6 Å². The highest BCUT2D eigenvalue weighted by Crippen LogP contribution is 1.99. The molecule has 0 aromatic rings. The number of thiol groups is 1. The molecule has 0 bridgehead atoms. The average Bonchev–Trinajstić information content (AvgIpc) is 2.54. The monoisotopic (exact) mass is 377 g/mol. The van der Waals surface area contributed by atoms with Gasteiger partial charge in [-0.15, -0.1) is 0 Å². The smallest absolute Gasteiger partial charge is 0.325 e. The lowest BCUT2D eigenvalue weighted by Gasteiger charge is -2.20. The number of amides is 4. The van der Waals surface area contributed by atoms with Gasteiger partial charge in [-0.1, -0.05) is 0 Å². The maximum Gasteiger partial charge on any atom is 0.325 e. The van der Waals surface area contributed by atoms with Crippen molar-refractivity contribution >= 4 is 42.2 Å². The van der Waals surface area contributed by atoms with Gasteiger partial charge in [0.15, 0.2) is 0 Å². The van der Waals surface area contributed by atoms with Crippen LogP contribution in [0.25, 0.3) is 0 Å². The highest BCUT2D eigenvalue weighted by molar-refractivity contribution is 7.80. The predicted octanol–water partition coefficient (Wildman–Crippen LogP) is -3.30. The zero-order chi connectivity index (χ0) is 19.6. The fraction of sp³-hybridized carbons (Fsp3) is 0.615. The Kier molecular flexibility index (Phi) is 10.2. The summed E-state index contributed by atoms with van der Waals surface area (Å²) in [5.74, 6) is -3.96. The second-order valence-electron chi connectivity index (χ2n) is 5.20. The Balaban J connectivity index is 4.69. The van der Waals surface area contributed by atoms with Crippen molar-refractivity contribution in [2.45, 2.75) is 37.9 Å². The van der Waals surface area contributed by atoms with Crippen molar-refractivity contribution in [3.8, 4) is 0 Å². The third-order valence-corrected chi connectivity index (χ3v) is 3.41. The largest absolute Gasteiger partial charge is 0.480 e. The van der Waals surface area contributed by atoms with E-state index in [9.17, 15) is 24.0 Å². The normalized spacial score (nSPS) is 13.9. The Labute approximate surface area is 149 Å². The molecule has 25 heavy (non-hydrogen) atoms. The molecule has 0 saturated carbocycles. The first kappa shape index (κ1) is 22.7. The van der Waals surface area contributed by atoms with Crippen molar-refractivity contribution in [1.29, 1.82) is 0 Å². The number of carbonyl (C=O) groups excluding carboxylic acids is 4. The van der Waals surface area contributed by atoms with Crippen LogP contribution in [-0.4, -0.2) is 65.1 Å². The van der Waals surface area contributed by atoms with Crippen molar-refractivity contribution in [2.75, 3.05) is 12.3 Å². The van der Waals surface area contributed by atoms with Gasteiger partial charge in [-0.2, -0.15) is 12.6 Å². The molecule has 4 amide bonds. The number of carbonyl (C=O) groups is 5. The van der Waals surface area contributed by atoms with Gasteiger partial charge in [-0.25, -0.2) is 0 Å². The Hall–Kier alpha value is -2.34. The SMILES string of the molecule is CC(NC(=O)CNC(=O)C(CCC(N)=O)NC(=O)C(N)CS)C(=O)O. The van der Waals surface area contributed by atoms with Crippen molar-refractivity contribution in [2.24, 2.45) is 11.5 Å². The van der Waals surface area contributed by atoms with Crippen LogP contribution in [0.5, 0.6) is 0 Å². The summed E-state index contributed by atoms with van der Waals surface area (Å²) in [7, 11) is 0. The minimum Gasteiger partial charge on any atom is -0.480 e. The molecule has 0 aromatic carbocycles. The summed E-state index contributed by atoms with van der Waals surface area (Å²) in [5, 5.41) is 15.4. The molecule has 0 aliphatic rings. The van der Waals surface area contributed by atoms with E-state index in [1.807, 2.05) is 0 Å². The van der Waals surface area contributed by atoms with Crippen LogP contribution in [0.4, 0.5) is 0 Å². The number of aliphatic carboxylic acids is 1. The van der Waals surface area contributed by atoms with Crippen LogP contribution in [0.1, 0.15) is 19.8 Å². The summed E-state index contributed by atoms with van der Waals surface area (Å²) in [6.07, 6.45) is -0.254. The summed E-state index contributed by atoms with van der Waals surface area (Å²) in [5.41, 5.74) is 10.5. The van der Waals surface area contributed by atoms with Crippen LogP contribution < -0.4 is 27.4 Å². The average molecular weight is 377 g/mol. The third kappa shape index (κ3) is 9.52. The topological polar surface area (TPSA) is 194 Å². The number of nitrogens with two attached hydrogens (primary N) is 2. The van der Waals surface area contributed by atoms with Gasteiger partial charge in [0.05, 0.1) is 12.6 Å². The Morgan fingerprint density at radius 1 is 1.12 bits per heavy atom. The maximum absolute atomic E-state index is 12.1. The van der Waals surface area contributed by atoms with E-state index in [4.69, 9.17) is 16.6 Å². The van der Waals surface area contributed by atoms with E-state index < -0.39 is 54.3 Å². The molecule has 3 unspecified atom stereocenters. The molecule has 0 fully saturated rings. The first-order valence-electron chi connectivity index (χ1n) is 7.33. The number of primary amides is 1. The van der Waals surface area contributed by atoms with Crippen LogP contribution in [0.2, 0.25) is 0 Å². The fourth-order valence-corrected chi connectivity index (χ4v) is 1.73. The van der Waals surface area contributed by atoms with E-state index in [2.05, 4.69) is 28.6 Å². The minimum absolute atomic E-state index is 0.0471. The molecule has 11 nitrogen and oxygen atoms in total. The summed E-state index contributed by atoms with van der Waals surface area (Å²) in [6.45, 7) is 0.759. The number of hydrogen-bond acceptors (Lipinski definition) is 7. The standard InChI is InChI=1S/C13H23N5O6S/c1-6(13(23)24)17-10(20)4-16-12(22)8(2-3-9(15)19)18-11(21)7(14)5-25/h6-8,25H,2-5,14H2,1H3,(H2,15,19)(H,16,22)(H,17,20)(H,18,21)(H,23,24). The molecule has 0 heterocycles. The Morgan fingerprint density at radius 3 is 2.20 bits per heavy atom. The molecule has 0 spiro atoms. The highest BCUT2D eigenvalue weighted by atomic mass is 32.1. The summed E-state index contributed by atoms with van der Waals surface area (Å²) in [4.78, 5) is 56.9. The summed E-state index contributed by atoms with van der Waals surface area (Å²) >= 11 is 3.87. The molecular formula is C13H23N5O6S. The second-order valence-corrected chi connectivity index (χ2v) is 5.57. The minimum atomic E-state index is -1.23. The van der Waals surface area contributed by atoms with E-state index in [0.717, 1.165) is 0 Å². The quantitative estimate of drug-likeness (QED) is 0.183. The van der Waals surface area contributed by atoms with Crippen LogP contribution in [0.15, 0.2) is 0 Å². The number of carboxylic acids is 1. The van der Waals surface area contributed by atoms with Crippen LogP contribution in [-0.2, 0) is 24.0 Å². The maximum atomic E-state index is 12.1. The molecule has 0 aromatic heterocycles. The lowest BCUT2D eigenvalue weighted by Crippen LogP contribution is -2.53. The molecule has 0 radical (unpaired) electrons. The van der Waals surface area contributed by atoms with E-state index >= 15 is 0 Å². The molecule has 0 rings (SSSR count). The predicted molar refractivity (Wildman–Crippen MR) is 90.4 cm³/mol. The van der Waals surface area contributed by atoms with Crippen molar-refractivity contribution in [3.63, 3.8) is 0 Å². The highest BCUT2D eigenvalue weighted by Gasteiger charge is 2.24. The molecular weight excluding hydrogens is 354 g/mol. The van der Waals surface area contributed by atoms with E-state index in [0.29, 0.717) is 0 Å². The number of carboxylic acid groups (broad SMARTS) is 1. The van der Waals surface area contributed by atoms with Crippen LogP contribution in [0, 0.1) is 0 Å². The summed E-state index contributed by atoms with van der Waals surface area (Å²) in [6, 6.07) is -3.20. The van der Waals surface area contributed by atoms with Crippen LogP contribution in [0.3, 0.4) is 0 Å². The molecule has 3 atom stereocenters. The molecule has 8 N–H and O–H groups in total. The van der Waals surface area contributed by atoms with Gasteiger partial charge in [-0.3, -0.25) is 24.0 Å². The first-order valence-corrected chi connectivity index (χ1v) is 7.96. The Bertz CT molecular complexity index is 529. The van der Waals surface area contributed by atoms with E-state index in [1.165, 1.54) is 6.92 Å². The van der Waals surface area contributed by atoms with Crippen molar-refractivity contribution in [3.05, 3.63) is 0 Å². The van der Waals surface area contributed by atoms with Crippen molar-refractivity contribution < 1.29 is 29.1 Å². The van der Waals surface area contributed by atoms with Gasteiger partial charge < -0.3 is 32.5 Å². The van der Waals surface area contributed by atoms with Gasteiger partial charge in [0.25, 0.3) is 0 Å². The number of rotatable bonds is 11. The van der Waals surface area contributed by atoms with Crippen molar-refractivity contribution in [1.82, 2.24) is 16.0 Å². The molecule has 142 valence electrons. The molecule has 0 aliphatic carbocycles. The zero-order valence-electron chi connectivity index (χ0n) is 13.7. The number of nitrogens with one attached hydrogen (secondary N) is 3. The number of hydrogen-bond donors (Lipinski definition) is 7. The molecule has 0 saturated heterocycles. The summed E-state index contributed by atoms with van der Waals surface area (Å²) < 4.78 is 0. The van der Waals surface area contributed by atoms with Gasteiger partial charge in [0.1, 0.15) is 12.1 Å². The van der Waals surface area contributed by atoms with E-state index in [1.54, 1.807) is 0 Å². The lowest BCUT2D eigenvalue weighted by atomic mass is 10.1. The third-order valence-electron chi connectivity index (χ3n) is 3.02.